The summed E-state index contributed by atoms with van der Waals surface area (Å²) < 4.78 is 83.8. The van der Waals surface area contributed by atoms with Crippen molar-refractivity contribution in [1.29, 1.82) is 0 Å². The minimum absolute atomic E-state index is 0.215. The Hall–Kier alpha value is -6.38. The average Bonchev–Trinajstić information content (AvgIpc) is 3.24. The van der Waals surface area contributed by atoms with Crippen LogP contribution >= 0.6 is 0 Å². The number of rotatable bonds is 19. The number of sulfonamides is 2. The van der Waals surface area contributed by atoms with Crippen molar-refractivity contribution in [3.05, 3.63) is 190 Å². The standard InChI is InChI=1S/C26H29NO4S.C22H19F2NO4S/c1-2-3-9-20-16-18-23(19-17-20)32(30,31)27-25-15-7-5-11-22(25)13-8-12-21-10-4-6-14-24(21)26(28)29;23-18-12-6-13-19(24)21(18)30(28,29)25-20-14-4-2-8-16(20)10-5-9-15-7-1-3-11-17(15)22(26)27/h4-7,10-11,14-19,27H,2-3,8-9,12-13H2,1H3,(H,28,29);1-4,6-8,11-14,25H,5,9-10H2,(H,26,27). The number of aryl methyl sites for hydroxylation is 5. The van der Waals surface area contributed by atoms with Crippen molar-refractivity contribution in [1.82, 2.24) is 0 Å². The van der Waals surface area contributed by atoms with E-state index in [1.165, 1.54) is 12.1 Å². The van der Waals surface area contributed by atoms with E-state index in [0.717, 1.165) is 54.2 Å². The van der Waals surface area contributed by atoms with Crippen LogP contribution in [0.4, 0.5) is 20.2 Å². The molecule has 4 N–H and O–H groups in total. The molecule has 0 heterocycles. The van der Waals surface area contributed by atoms with Crippen molar-refractivity contribution in [2.24, 2.45) is 0 Å². The first-order valence-electron chi connectivity index (χ1n) is 20.1. The Kier molecular flexibility index (Phi) is 16.5. The summed E-state index contributed by atoms with van der Waals surface area (Å²) in [6, 6.07) is 37.4. The first-order chi connectivity index (χ1) is 29.7. The maximum absolute atomic E-state index is 13.9. The molecule has 0 saturated carbocycles. The number of halogens is 2. The largest absolute Gasteiger partial charge is 0.478 e. The lowest BCUT2D eigenvalue weighted by Crippen LogP contribution is -2.17. The topological polar surface area (TPSA) is 167 Å². The van der Waals surface area contributed by atoms with E-state index in [0.29, 0.717) is 60.9 Å². The Labute approximate surface area is 361 Å². The molecule has 0 aliphatic rings. The molecule has 10 nitrogen and oxygen atoms in total. The number of nitrogens with one attached hydrogen (secondary N) is 2. The highest BCUT2D eigenvalue weighted by molar-refractivity contribution is 7.93. The molecule has 0 aromatic heterocycles. The van der Waals surface area contributed by atoms with Gasteiger partial charge in [-0.15, -0.1) is 0 Å². The molecule has 0 bridgehead atoms. The molecular weight excluding hydrogens is 835 g/mol. The van der Waals surface area contributed by atoms with Gasteiger partial charge in [0.2, 0.25) is 0 Å². The summed E-state index contributed by atoms with van der Waals surface area (Å²) >= 11 is 0. The van der Waals surface area contributed by atoms with Crippen LogP contribution in [0.1, 0.15) is 81.1 Å². The van der Waals surface area contributed by atoms with Crippen LogP contribution < -0.4 is 9.44 Å². The molecule has 0 fully saturated rings. The third-order valence-electron chi connectivity index (χ3n) is 10.0. The number of carboxylic acid groups (broad SMARTS) is 2. The monoisotopic (exact) mass is 882 g/mol. The lowest BCUT2D eigenvalue weighted by Gasteiger charge is -2.14. The highest BCUT2D eigenvalue weighted by atomic mass is 32.2. The fourth-order valence-electron chi connectivity index (χ4n) is 6.86. The fourth-order valence-corrected chi connectivity index (χ4v) is 9.20. The van der Waals surface area contributed by atoms with E-state index in [9.17, 15) is 45.4 Å². The number of aromatic carboxylic acids is 2. The number of unbranched alkanes of at least 4 members (excludes halogenated alkanes) is 1. The van der Waals surface area contributed by atoms with Crippen molar-refractivity contribution in [2.75, 3.05) is 9.44 Å². The maximum atomic E-state index is 13.9. The smallest absolute Gasteiger partial charge is 0.335 e. The average molecular weight is 883 g/mol. The zero-order valence-electron chi connectivity index (χ0n) is 34.1. The molecule has 0 aliphatic carbocycles. The van der Waals surface area contributed by atoms with Gasteiger partial charge in [0.1, 0.15) is 11.6 Å². The summed E-state index contributed by atoms with van der Waals surface area (Å²) in [4.78, 5) is 21.9. The van der Waals surface area contributed by atoms with Gasteiger partial charge < -0.3 is 10.2 Å². The van der Waals surface area contributed by atoms with Crippen LogP contribution in [-0.2, 0) is 52.2 Å². The van der Waals surface area contributed by atoms with E-state index < -0.39 is 48.5 Å². The zero-order valence-corrected chi connectivity index (χ0v) is 35.7. The van der Waals surface area contributed by atoms with Crippen LogP contribution in [0.2, 0.25) is 0 Å². The van der Waals surface area contributed by atoms with E-state index in [1.807, 2.05) is 36.4 Å². The molecular formula is C48H48F2N2O8S2. The minimum atomic E-state index is -4.47. The highest BCUT2D eigenvalue weighted by Gasteiger charge is 2.25. The maximum Gasteiger partial charge on any atom is 0.335 e. The lowest BCUT2D eigenvalue weighted by atomic mass is 9.99. The molecule has 6 rings (SSSR count). The summed E-state index contributed by atoms with van der Waals surface area (Å²) in [6.45, 7) is 2.13. The van der Waals surface area contributed by atoms with Crippen LogP contribution in [-0.4, -0.2) is 39.0 Å². The number of benzene rings is 6. The first kappa shape index (κ1) is 46.7. The SMILES string of the molecule is CCCCc1ccc(S(=O)(=O)Nc2ccccc2CCCc2ccccc2C(=O)O)cc1.O=C(O)c1ccccc1CCCc1ccccc1NS(=O)(=O)c1c(F)cccc1F. The quantitative estimate of drug-likeness (QED) is 0.0624. The second kappa shape index (κ2) is 21.9. The number of hydrogen-bond donors (Lipinski definition) is 4. The van der Waals surface area contributed by atoms with Crippen molar-refractivity contribution >= 4 is 43.4 Å². The second-order valence-electron chi connectivity index (χ2n) is 14.5. The molecule has 62 heavy (non-hydrogen) atoms. The van der Waals surface area contributed by atoms with Gasteiger partial charge in [-0.2, -0.15) is 0 Å². The normalized spacial score (nSPS) is 11.3. The van der Waals surface area contributed by atoms with Gasteiger partial charge in [-0.3, -0.25) is 9.44 Å². The number of hydrogen-bond acceptors (Lipinski definition) is 6. The molecule has 0 amide bonds. The summed E-state index contributed by atoms with van der Waals surface area (Å²) in [6.07, 6.45) is 6.52. The van der Waals surface area contributed by atoms with Crippen LogP contribution in [0.3, 0.4) is 0 Å². The molecule has 0 atom stereocenters. The van der Waals surface area contributed by atoms with Crippen molar-refractivity contribution in [3.63, 3.8) is 0 Å². The fraction of sp³-hybridized carbons (Fsp3) is 0.208. The second-order valence-corrected chi connectivity index (χ2v) is 17.8. The zero-order chi connectivity index (χ0) is 44.7. The van der Waals surface area contributed by atoms with Gasteiger partial charge in [0.25, 0.3) is 20.0 Å². The molecule has 0 saturated heterocycles. The van der Waals surface area contributed by atoms with Crippen LogP contribution in [0, 0.1) is 11.6 Å². The van der Waals surface area contributed by atoms with E-state index in [2.05, 4.69) is 16.4 Å². The van der Waals surface area contributed by atoms with E-state index in [4.69, 9.17) is 0 Å². The van der Waals surface area contributed by atoms with Gasteiger partial charge in [-0.05, 0) is 128 Å². The van der Waals surface area contributed by atoms with Crippen LogP contribution in [0.15, 0.2) is 149 Å². The molecule has 14 heteroatoms. The Balaban J connectivity index is 0.000000235. The number of carbonyl (C=O) groups is 2. The highest BCUT2D eigenvalue weighted by Crippen LogP contribution is 2.26. The molecule has 324 valence electrons. The van der Waals surface area contributed by atoms with E-state index in [-0.39, 0.29) is 16.1 Å². The van der Waals surface area contributed by atoms with Gasteiger partial charge >= 0.3 is 11.9 Å². The molecule has 0 radical (unpaired) electrons. The van der Waals surface area contributed by atoms with Crippen LogP contribution in [0.25, 0.3) is 0 Å². The van der Waals surface area contributed by atoms with Crippen molar-refractivity contribution in [2.45, 2.75) is 74.5 Å². The third-order valence-corrected chi connectivity index (χ3v) is 12.8. The Morgan fingerprint density at radius 3 is 1.34 bits per heavy atom. The summed E-state index contributed by atoms with van der Waals surface area (Å²) in [5, 5.41) is 18.6. The number of anilines is 2. The minimum Gasteiger partial charge on any atom is -0.478 e. The molecule has 6 aromatic rings. The predicted octanol–water partition coefficient (Wildman–Crippen LogP) is 10.3. The van der Waals surface area contributed by atoms with Gasteiger partial charge in [-0.25, -0.2) is 35.2 Å². The Morgan fingerprint density at radius 1 is 0.484 bits per heavy atom. The lowest BCUT2D eigenvalue weighted by molar-refractivity contribution is 0.0684. The Bertz CT molecular complexity index is 2690. The summed E-state index contributed by atoms with van der Waals surface area (Å²) in [5.74, 6) is -4.30. The van der Waals surface area contributed by atoms with Crippen LogP contribution in [0.5, 0.6) is 0 Å². The summed E-state index contributed by atoms with van der Waals surface area (Å²) in [7, 11) is -8.17. The van der Waals surface area contributed by atoms with Gasteiger partial charge in [0, 0.05) is 0 Å². The van der Waals surface area contributed by atoms with Gasteiger partial charge in [0.05, 0.1) is 27.4 Å². The van der Waals surface area contributed by atoms with Gasteiger partial charge in [-0.1, -0.05) is 104 Å². The third kappa shape index (κ3) is 12.8. The summed E-state index contributed by atoms with van der Waals surface area (Å²) in [5.41, 5.74) is 5.39. The van der Waals surface area contributed by atoms with E-state index in [1.54, 1.807) is 72.8 Å². The van der Waals surface area contributed by atoms with Crippen molar-refractivity contribution in [3.8, 4) is 0 Å². The molecule has 0 unspecified atom stereocenters. The van der Waals surface area contributed by atoms with Crippen molar-refractivity contribution < 1.29 is 45.4 Å². The predicted molar refractivity (Wildman–Crippen MR) is 237 cm³/mol. The number of carboxylic acids is 2. The van der Waals surface area contributed by atoms with Gasteiger partial charge in [0.15, 0.2) is 4.90 Å². The number of para-hydroxylation sites is 2. The first-order valence-corrected chi connectivity index (χ1v) is 23.0. The molecule has 6 aromatic carbocycles. The Morgan fingerprint density at radius 2 is 0.887 bits per heavy atom. The molecule has 0 aliphatic heterocycles. The van der Waals surface area contributed by atoms with E-state index >= 15 is 0 Å². The molecule has 0 spiro atoms.